The van der Waals surface area contributed by atoms with Crippen LogP contribution in [0.15, 0.2) is 47.4 Å². The second-order valence-corrected chi connectivity index (χ2v) is 14.1. The van der Waals surface area contributed by atoms with E-state index in [4.69, 9.17) is 18.9 Å². The fourth-order valence-electron chi connectivity index (χ4n) is 4.88. The molecule has 1 N–H and O–H groups in total. The molecule has 10 heteroatoms. The van der Waals surface area contributed by atoms with Crippen LogP contribution in [0, 0.1) is 11.8 Å². The van der Waals surface area contributed by atoms with E-state index in [1.807, 2.05) is 32.0 Å². The summed E-state index contributed by atoms with van der Waals surface area (Å²) in [7, 11) is -3.60. The van der Waals surface area contributed by atoms with Gasteiger partial charge in [0.2, 0.25) is 15.8 Å². The molecule has 1 atom stereocenters. The van der Waals surface area contributed by atoms with Gasteiger partial charge in [-0.2, -0.15) is 0 Å². The molecule has 1 unspecified atom stereocenters. The zero-order valence-electron chi connectivity index (χ0n) is 25.9. The van der Waals surface area contributed by atoms with Gasteiger partial charge in [-0.25, -0.2) is 17.9 Å². The van der Waals surface area contributed by atoms with E-state index in [0.29, 0.717) is 44.9 Å². The average Bonchev–Trinajstić information content (AvgIpc) is 3.30. The molecule has 9 nitrogen and oxygen atoms in total. The lowest BCUT2D eigenvalue weighted by atomic mass is 10.0. The van der Waals surface area contributed by atoms with E-state index < -0.39 is 21.3 Å². The minimum absolute atomic E-state index is 0.205. The summed E-state index contributed by atoms with van der Waals surface area (Å²) in [6.45, 7) is 12.1. The lowest BCUT2D eigenvalue weighted by Crippen LogP contribution is -2.40. The monoisotopic (exact) mass is 612 g/mol. The van der Waals surface area contributed by atoms with Crippen LogP contribution in [0.5, 0.6) is 5.75 Å². The van der Waals surface area contributed by atoms with Crippen LogP contribution in [-0.2, 0) is 30.8 Å². The quantitative estimate of drug-likeness (QED) is 0.234. The molecule has 1 amide bonds. The molecule has 0 bridgehead atoms. The molecule has 4 rings (SSSR count). The highest BCUT2D eigenvalue weighted by atomic mass is 32.2. The Labute approximate surface area is 256 Å². The highest BCUT2D eigenvalue weighted by Crippen LogP contribution is 2.35. The van der Waals surface area contributed by atoms with Gasteiger partial charge in [0.1, 0.15) is 11.9 Å². The molecule has 43 heavy (non-hydrogen) atoms. The van der Waals surface area contributed by atoms with Crippen molar-refractivity contribution in [3.05, 3.63) is 59.2 Å². The number of sulfonamides is 1. The van der Waals surface area contributed by atoms with E-state index >= 15 is 0 Å². The first-order valence-electron chi connectivity index (χ1n) is 14.9. The Morgan fingerprint density at radius 1 is 1.07 bits per heavy atom. The molecule has 0 aromatic heterocycles. The fourth-order valence-corrected chi connectivity index (χ4v) is 6.34. The van der Waals surface area contributed by atoms with Crippen LogP contribution >= 0.6 is 0 Å². The van der Waals surface area contributed by atoms with Gasteiger partial charge in [0, 0.05) is 50.1 Å². The molecule has 1 fully saturated rings. The van der Waals surface area contributed by atoms with Gasteiger partial charge >= 0.3 is 6.09 Å². The van der Waals surface area contributed by atoms with Crippen LogP contribution in [-0.4, -0.2) is 57.0 Å². The number of nitrogens with zero attached hydrogens (tertiary/aromatic N) is 1. The van der Waals surface area contributed by atoms with Gasteiger partial charge < -0.3 is 23.8 Å². The number of ether oxygens (including phenoxy) is 4. The summed E-state index contributed by atoms with van der Waals surface area (Å²) in [5.41, 5.74) is 2.02. The summed E-state index contributed by atoms with van der Waals surface area (Å²) in [4.78, 5) is 14.4. The van der Waals surface area contributed by atoms with E-state index in [0.717, 1.165) is 42.6 Å². The zero-order valence-corrected chi connectivity index (χ0v) is 26.7. The SMILES string of the molecule is CC(C)(C)NS(=O)(=O)c1cccc(C#CCCOCCCCCCN2CC(c3ccc4c(c3)COC(C)(C)O4)OC2=O)c1. The number of amides is 1. The van der Waals surface area contributed by atoms with Crippen molar-refractivity contribution in [1.29, 1.82) is 0 Å². The van der Waals surface area contributed by atoms with Crippen LogP contribution < -0.4 is 9.46 Å². The van der Waals surface area contributed by atoms with Gasteiger partial charge in [-0.05, 0) is 69.5 Å². The molecule has 0 saturated carbocycles. The third kappa shape index (κ3) is 9.97. The third-order valence-corrected chi connectivity index (χ3v) is 8.69. The second-order valence-electron chi connectivity index (χ2n) is 12.4. The van der Waals surface area contributed by atoms with Crippen molar-refractivity contribution in [3.63, 3.8) is 0 Å². The van der Waals surface area contributed by atoms with Crippen molar-refractivity contribution < 1.29 is 32.2 Å². The number of unbranched alkanes of at least 4 members (excludes halogenated alkanes) is 3. The maximum absolute atomic E-state index is 12.5. The van der Waals surface area contributed by atoms with Gasteiger partial charge in [0.15, 0.2) is 0 Å². The van der Waals surface area contributed by atoms with E-state index in [-0.39, 0.29) is 17.1 Å². The molecule has 1 saturated heterocycles. The maximum atomic E-state index is 12.5. The molecule has 0 aliphatic carbocycles. The van der Waals surface area contributed by atoms with Crippen molar-refractivity contribution in [2.24, 2.45) is 0 Å². The topological polar surface area (TPSA) is 103 Å². The molecule has 2 aromatic rings. The Morgan fingerprint density at radius 2 is 1.86 bits per heavy atom. The Bertz CT molecular complexity index is 1440. The Kier molecular flexibility index (Phi) is 10.8. The molecule has 2 aliphatic heterocycles. The number of hydrogen-bond acceptors (Lipinski definition) is 7. The summed E-state index contributed by atoms with van der Waals surface area (Å²) in [5.74, 6) is 6.25. The molecule has 234 valence electrons. The van der Waals surface area contributed by atoms with Gasteiger partial charge in [-0.15, -0.1) is 0 Å². The fraction of sp³-hybridized carbons (Fsp3) is 0.545. The molecule has 0 spiro atoms. The van der Waals surface area contributed by atoms with Crippen molar-refractivity contribution in [1.82, 2.24) is 9.62 Å². The van der Waals surface area contributed by atoms with Crippen molar-refractivity contribution >= 4 is 16.1 Å². The van der Waals surface area contributed by atoms with Gasteiger partial charge in [0.05, 0.1) is 24.7 Å². The average molecular weight is 613 g/mol. The number of hydrogen-bond donors (Lipinski definition) is 1. The number of carbonyl (C=O) groups is 1. The standard InChI is InChI=1S/C33H44N2O7S/c1-32(2,3)34-43(37,38)28-15-12-14-25(21-28)13-8-11-20-39-19-10-7-6-9-18-35-23-30(41-31(35)36)26-16-17-29-27(22-26)24-40-33(4,5)42-29/h12,14-17,21-22,30,34H,6-7,9-11,18-20,23-24H2,1-5H3. The van der Waals surface area contributed by atoms with E-state index in [1.54, 1.807) is 49.9 Å². The molecular formula is C33H44N2O7S. The summed E-state index contributed by atoms with van der Waals surface area (Å²) in [5, 5.41) is 0. The Morgan fingerprint density at radius 3 is 2.65 bits per heavy atom. The summed E-state index contributed by atoms with van der Waals surface area (Å²) in [6.07, 6.45) is 3.89. The summed E-state index contributed by atoms with van der Waals surface area (Å²) < 4.78 is 50.7. The second kappa shape index (κ2) is 14.1. The van der Waals surface area contributed by atoms with E-state index in [1.165, 1.54) is 0 Å². The predicted octanol–water partition coefficient (Wildman–Crippen LogP) is 5.92. The number of carbonyl (C=O) groups excluding carboxylic acids is 1. The lowest BCUT2D eigenvalue weighted by molar-refractivity contribution is -0.180. The van der Waals surface area contributed by atoms with Crippen molar-refractivity contribution in [3.8, 4) is 17.6 Å². The van der Waals surface area contributed by atoms with Crippen molar-refractivity contribution in [2.45, 2.75) is 95.7 Å². The van der Waals surface area contributed by atoms with Crippen LogP contribution in [0.2, 0.25) is 0 Å². The zero-order chi connectivity index (χ0) is 31.1. The van der Waals surface area contributed by atoms with Crippen molar-refractivity contribution in [2.75, 3.05) is 26.3 Å². The molecule has 2 aromatic carbocycles. The van der Waals surface area contributed by atoms with Gasteiger partial charge in [-0.1, -0.05) is 36.8 Å². The molecular weight excluding hydrogens is 568 g/mol. The normalized spacial score (nSPS) is 17.9. The Hall–Kier alpha value is -3.10. The highest BCUT2D eigenvalue weighted by molar-refractivity contribution is 7.89. The maximum Gasteiger partial charge on any atom is 0.410 e. The van der Waals surface area contributed by atoms with Gasteiger partial charge in [0.25, 0.3) is 0 Å². The minimum atomic E-state index is -3.60. The molecule has 2 aliphatic rings. The van der Waals surface area contributed by atoms with Crippen LogP contribution in [0.25, 0.3) is 0 Å². The molecule has 2 heterocycles. The lowest BCUT2D eigenvalue weighted by Gasteiger charge is -2.32. The number of benzene rings is 2. The number of rotatable bonds is 12. The first-order chi connectivity index (χ1) is 20.3. The molecule has 0 radical (unpaired) electrons. The largest absolute Gasteiger partial charge is 0.463 e. The highest BCUT2D eigenvalue weighted by Gasteiger charge is 2.33. The van der Waals surface area contributed by atoms with Gasteiger partial charge in [-0.3, -0.25) is 0 Å². The first-order valence-corrected chi connectivity index (χ1v) is 16.4. The van der Waals surface area contributed by atoms with E-state index in [9.17, 15) is 13.2 Å². The summed E-state index contributed by atoms with van der Waals surface area (Å²) >= 11 is 0. The minimum Gasteiger partial charge on any atom is -0.463 e. The van der Waals surface area contributed by atoms with Crippen LogP contribution in [0.1, 0.15) is 89.5 Å². The first kappa shape index (κ1) is 32.8. The van der Waals surface area contributed by atoms with Crippen LogP contribution in [0.4, 0.5) is 4.79 Å². The third-order valence-electron chi connectivity index (χ3n) is 6.93. The van der Waals surface area contributed by atoms with Crippen LogP contribution in [0.3, 0.4) is 0 Å². The Balaban J connectivity index is 1.08. The smallest absolute Gasteiger partial charge is 0.410 e. The summed E-state index contributed by atoms with van der Waals surface area (Å²) in [6, 6.07) is 12.6. The predicted molar refractivity (Wildman–Crippen MR) is 164 cm³/mol. The van der Waals surface area contributed by atoms with E-state index in [2.05, 4.69) is 16.6 Å². The number of nitrogens with one attached hydrogen (secondary N) is 1. The number of fused-ring (bicyclic) bond motifs is 1. The number of cyclic esters (lactones) is 1.